The van der Waals surface area contributed by atoms with Gasteiger partial charge in [-0.3, -0.25) is 0 Å². The Balaban J connectivity index is 1.78. The van der Waals surface area contributed by atoms with E-state index < -0.39 is 12.6 Å². The van der Waals surface area contributed by atoms with Gasteiger partial charge in [0.15, 0.2) is 0 Å². The number of ether oxygens (including phenoxy) is 1. The van der Waals surface area contributed by atoms with Crippen LogP contribution in [0.25, 0.3) is 0 Å². The number of rotatable bonds is 6. The second-order valence-electron chi connectivity index (χ2n) is 3.21. The van der Waals surface area contributed by atoms with Crippen LogP contribution in [0.4, 0.5) is 13.2 Å². The Bertz CT molecular complexity index is 145. The van der Waals surface area contributed by atoms with Crippen molar-refractivity contribution in [1.29, 1.82) is 0 Å². The SMILES string of the molecule is FC(F)(F)CCOCCNC1CC1. The molecule has 0 aromatic heterocycles. The van der Waals surface area contributed by atoms with Gasteiger partial charge in [-0.1, -0.05) is 0 Å². The molecular weight excluding hydrogens is 183 g/mol. The molecule has 0 amide bonds. The Hall–Kier alpha value is -0.290. The van der Waals surface area contributed by atoms with Gasteiger partial charge in [0.1, 0.15) is 0 Å². The molecular formula is C8H14F3NO. The van der Waals surface area contributed by atoms with Gasteiger partial charge in [-0.05, 0) is 12.8 Å². The van der Waals surface area contributed by atoms with Gasteiger partial charge < -0.3 is 10.1 Å². The Labute approximate surface area is 75.4 Å². The molecule has 0 saturated heterocycles. The Morgan fingerprint density at radius 3 is 2.46 bits per heavy atom. The molecule has 13 heavy (non-hydrogen) atoms. The highest BCUT2D eigenvalue weighted by Gasteiger charge is 2.26. The van der Waals surface area contributed by atoms with Gasteiger partial charge in [0, 0.05) is 12.6 Å². The highest BCUT2D eigenvalue weighted by Crippen LogP contribution is 2.19. The van der Waals surface area contributed by atoms with Crippen LogP contribution in [0.1, 0.15) is 19.3 Å². The lowest BCUT2D eigenvalue weighted by atomic mass is 10.4. The fraction of sp³-hybridized carbons (Fsp3) is 1.00. The molecule has 0 aliphatic heterocycles. The van der Waals surface area contributed by atoms with E-state index in [1.165, 1.54) is 12.8 Å². The van der Waals surface area contributed by atoms with E-state index in [1.54, 1.807) is 0 Å². The molecule has 78 valence electrons. The van der Waals surface area contributed by atoms with Crippen molar-refractivity contribution in [1.82, 2.24) is 5.32 Å². The molecule has 0 aromatic carbocycles. The molecule has 0 atom stereocenters. The average Bonchev–Trinajstić information content (AvgIpc) is 2.77. The van der Waals surface area contributed by atoms with Crippen LogP contribution in [0.5, 0.6) is 0 Å². The summed E-state index contributed by atoms with van der Waals surface area (Å²) in [5.41, 5.74) is 0. The van der Waals surface area contributed by atoms with Gasteiger partial charge in [0.05, 0.1) is 19.6 Å². The van der Waals surface area contributed by atoms with Crippen molar-refractivity contribution >= 4 is 0 Å². The summed E-state index contributed by atoms with van der Waals surface area (Å²) in [7, 11) is 0. The average molecular weight is 197 g/mol. The van der Waals surface area contributed by atoms with Crippen molar-refractivity contribution in [3.8, 4) is 0 Å². The van der Waals surface area contributed by atoms with E-state index in [9.17, 15) is 13.2 Å². The first-order valence-electron chi connectivity index (χ1n) is 4.46. The topological polar surface area (TPSA) is 21.3 Å². The maximum Gasteiger partial charge on any atom is 0.391 e. The van der Waals surface area contributed by atoms with Crippen molar-refractivity contribution in [2.75, 3.05) is 19.8 Å². The molecule has 0 spiro atoms. The number of halogens is 3. The zero-order valence-electron chi connectivity index (χ0n) is 7.36. The van der Waals surface area contributed by atoms with Crippen LogP contribution in [0.3, 0.4) is 0 Å². The van der Waals surface area contributed by atoms with Gasteiger partial charge >= 0.3 is 6.18 Å². The third-order valence-corrected chi connectivity index (χ3v) is 1.79. The monoisotopic (exact) mass is 197 g/mol. The molecule has 0 heterocycles. The first-order chi connectivity index (χ1) is 6.08. The second kappa shape index (κ2) is 4.81. The highest BCUT2D eigenvalue weighted by atomic mass is 19.4. The smallest absolute Gasteiger partial charge is 0.380 e. The van der Waals surface area contributed by atoms with Gasteiger partial charge in [-0.15, -0.1) is 0 Å². The Morgan fingerprint density at radius 2 is 1.92 bits per heavy atom. The van der Waals surface area contributed by atoms with Gasteiger partial charge in [0.25, 0.3) is 0 Å². The fourth-order valence-corrected chi connectivity index (χ4v) is 0.913. The lowest BCUT2D eigenvalue weighted by Gasteiger charge is -2.07. The van der Waals surface area contributed by atoms with Crippen LogP contribution in [-0.2, 0) is 4.74 Å². The summed E-state index contributed by atoms with van der Waals surface area (Å²) in [4.78, 5) is 0. The summed E-state index contributed by atoms with van der Waals surface area (Å²) in [6.45, 7) is 0.797. The van der Waals surface area contributed by atoms with Crippen molar-refractivity contribution in [3.63, 3.8) is 0 Å². The van der Waals surface area contributed by atoms with E-state index in [-0.39, 0.29) is 6.61 Å². The Morgan fingerprint density at radius 1 is 1.23 bits per heavy atom. The molecule has 0 aromatic rings. The van der Waals surface area contributed by atoms with E-state index in [4.69, 9.17) is 4.74 Å². The lowest BCUT2D eigenvalue weighted by molar-refractivity contribution is -0.145. The summed E-state index contributed by atoms with van der Waals surface area (Å²) < 4.78 is 39.6. The number of hydrogen-bond acceptors (Lipinski definition) is 2. The molecule has 0 radical (unpaired) electrons. The van der Waals surface area contributed by atoms with E-state index in [2.05, 4.69) is 5.32 Å². The molecule has 1 rings (SSSR count). The zero-order chi connectivity index (χ0) is 9.73. The van der Waals surface area contributed by atoms with Crippen LogP contribution in [0.15, 0.2) is 0 Å². The van der Waals surface area contributed by atoms with Crippen LogP contribution in [-0.4, -0.2) is 32.0 Å². The largest absolute Gasteiger partial charge is 0.391 e. The number of alkyl halides is 3. The molecule has 1 saturated carbocycles. The summed E-state index contributed by atoms with van der Waals surface area (Å²) in [6, 6.07) is 0.589. The fourth-order valence-electron chi connectivity index (χ4n) is 0.913. The van der Waals surface area contributed by atoms with E-state index in [0.717, 1.165) is 0 Å². The van der Waals surface area contributed by atoms with E-state index >= 15 is 0 Å². The second-order valence-corrected chi connectivity index (χ2v) is 3.21. The molecule has 0 unspecified atom stereocenters. The van der Waals surface area contributed by atoms with Crippen molar-refractivity contribution in [2.45, 2.75) is 31.5 Å². The third kappa shape index (κ3) is 6.83. The first kappa shape index (κ1) is 10.8. The standard InChI is InChI=1S/C8H14F3NO/c9-8(10,11)3-5-13-6-4-12-7-1-2-7/h7,12H,1-6H2. The normalized spacial score (nSPS) is 17.8. The molecule has 1 aliphatic rings. The highest BCUT2D eigenvalue weighted by molar-refractivity contribution is 4.80. The van der Waals surface area contributed by atoms with E-state index in [0.29, 0.717) is 19.2 Å². The quantitative estimate of drug-likeness (QED) is 0.654. The van der Waals surface area contributed by atoms with Gasteiger partial charge in [-0.2, -0.15) is 13.2 Å². The minimum absolute atomic E-state index is 0.226. The maximum absolute atomic E-state index is 11.6. The minimum atomic E-state index is -4.09. The van der Waals surface area contributed by atoms with Crippen LogP contribution >= 0.6 is 0 Å². The number of nitrogens with one attached hydrogen (secondary N) is 1. The zero-order valence-corrected chi connectivity index (χ0v) is 7.36. The lowest BCUT2D eigenvalue weighted by Crippen LogP contribution is -2.22. The van der Waals surface area contributed by atoms with Crippen LogP contribution in [0.2, 0.25) is 0 Å². The predicted octanol–water partition coefficient (Wildman–Crippen LogP) is 1.71. The number of hydrogen-bond donors (Lipinski definition) is 1. The summed E-state index contributed by atoms with van der Waals surface area (Å²) >= 11 is 0. The van der Waals surface area contributed by atoms with Crippen molar-refractivity contribution in [3.05, 3.63) is 0 Å². The van der Waals surface area contributed by atoms with Gasteiger partial charge in [-0.25, -0.2) is 0 Å². The molecule has 1 aliphatic carbocycles. The summed E-state index contributed by atoms with van der Waals surface area (Å²) in [5, 5.41) is 3.15. The molecule has 5 heteroatoms. The maximum atomic E-state index is 11.6. The molecule has 0 bridgehead atoms. The Kier molecular flexibility index (Phi) is 3.99. The van der Waals surface area contributed by atoms with Crippen molar-refractivity contribution in [2.24, 2.45) is 0 Å². The molecule has 1 fully saturated rings. The van der Waals surface area contributed by atoms with Crippen LogP contribution in [0, 0.1) is 0 Å². The van der Waals surface area contributed by atoms with Crippen molar-refractivity contribution < 1.29 is 17.9 Å². The first-order valence-corrected chi connectivity index (χ1v) is 4.46. The molecule has 2 nitrogen and oxygen atoms in total. The third-order valence-electron chi connectivity index (χ3n) is 1.79. The van der Waals surface area contributed by atoms with E-state index in [1.807, 2.05) is 0 Å². The molecule has 1 N–H and O–H groups in total. The van der Waals surface area contributed by atoms with Gasteiger partial charge in [0.2, 0.25) is 0 Å². The predicted molar refractivity (Wildman–Crippen MR) is 42.5 cm³/mol. The summed E-state index contributed by atoms with van der Waals surface area (Å²) in [6.07, 6.45) is -2.58. The van der Waals surface area contributed by atoms with Crippen LogP contribution < -0.4 is 5.32 Å². The minimum Gasteiger partial charge on any atom is -0.380 e. The summed E-state index contributed by atoms with van der Waals surface area (Å²) in [5.74, 6) is 0.